The monoisotopic (exact) mass is 279 g/mol. The van der Waals surface area contributed by atoms with E-state index in [0.29, 0.717) is 0 Å². The van der Waals surface area contributed by atoms with Crippen molar-refractivity contribution in [1.29, 1.82) is 0 Å². The Morgan fingerprint density at radius 1 is 1.00 bits per heavy atom. The van der Waals surface area contributed by atoms with Gasteiger partial charge in [-0.15, -0.1) is 0 Å². The number of rotatable bonds is 3. The van der Waals surface area contributed by atoms with Gasteiger partial charge in [0.2, 0.25) is 0 Å². The van der Waals surface area contributed by atoms with Gasteiger partial charge in [-0.3, -0.25) is 0 Å². The Kier molecular flexibility index (Phi) is 3.34. The molecule has 21 heavy (non-hydrogen) atoms. The van der Waals surface area contributed by atoms with Crippen molar-refractivity contribution < 1.29 is 5.11 Å². The van der Waals surface area contributed by atoms with E-state index < -0.39 is 5.60 Å². The molecule has 2 heteroatoms. The highest BCUT2D eigenvalue weighted by molar-refractivity contribution is 5.90. The third-order valence-corrected chi connectivity index (χ3v) is 4.05. The lowest BCUT2D eigenvalue weighted by Gasteiger charge is -2.17. The molecule has 1 heterocycles. The summed E-state index contributed by atoms with van der Waals surface area (Å²) in [4.78, 5) is 3.53. The van der Waals surface area contributed by atoms with Crippen LogP contribution in [0.1, 0.15) is 31.9 Å². The first kappa shape index (κ1) is 13.9. The van der Waals surface area contributed by atoms with Crippen LogP contribution < -0.4 is 0 Å². The fourth-order valence-corrected chi connectivity index (χ4v) is 2.86. The second-order valence-electron chi connectivity index (χ2n) is 6.01. The molecule has 0 radical (unpaired) electrons. The van der Waals surface area contributed by atoms with Crippen molar-refractivity contribution in [3.05, 3.63) is 59.7 Å². The van der Waals surface area contributed by atoms with Gasteiger partial charge >= 0.3 is 0 Å². The summed E-state index contributed by atoms with van der Waals surface area (Å²) in [5.74, 6) is 0. The Bertz CT molecular complexity index is 760. The first-order valence-corrected chi connectivity index (χ1v) is 7.43. The molecule has 0 aliphatic carbocycles. The number of H-pyrrole nitrogens is 1. The van der Waals surface area contributed by atoms with E-state index in [1.165, 1.54) is 22.2 Å². The predicted molar refractivity (Wildman–Crippen MR) is 88.4 cm³/mol. The first-order valence-electron chi connectivity index (χ1n) is 7.43. The molecule has 108 valence electrons. The molecule has 3 rings (SSSR count). The Hall–Kier alpha value is -2.06. The Morgan fingerprint density at radius 2 is 1.67 bits per heavy atom. The molecule has 0 fully saturated rings. The van der Waals surface area contributed by atoms with Crippen LogP contribution in [0.25, 0.3) is 22.2 Å². The van der Waals surface area contributed by atoms with Crippen molar-refractivity contribution in [3.63, 3.8) is 0 Å². The molecule has 0 atom stereocenters. The molecule has 1 aromatic heterocycles. The zero-order valence-electron chi connectivity index (χ0n) is 12.8. The third-order valence-electron chi connectivity index (χ3n) is 4.05. The van der Waals surface area contributed by atoms with Crippen molar-refractivity contribution in [2.24, 2.45) is 0 Å². The summed E-state index contributed by atoms with van der Waals surface area (Å²) in [5, 5.41) is 11.4. The summed E-state index contributed by atoms with van der Waals surface area (Å²) in [6, 6.07) is 16.6. The predicted octanol–water partition coefficient (Wildman–Crippen LogP) is 4.62. The summed E-state index contributed by atoms with van der Waals surface area (Å²) in [6.45, 7) is 5.80. The number of hydrogen-bond donors (Lipinski definition) is 2. The van der Waals surface area contributed by atoms with E-state index in [1.807, 2.05) is 26.0 Å². The highest BCUT2D eigenvalue weighted by Crippen LogP contribution is 2.31. The molecule has 0 aliphatic rings. The standard InChI is InChI=1S/C19H21NO/c1-4-15-16-7-5-6-8-17(16)20-18(15)13-9-11-14(12-10-13)19(2,3)21/h5-12,20-21H,4H2,1-3H3. The highest BCUT2D eigenvalue weighted by Gasteiger charge is 2.16. The van der Waals surface area contributed by atoms with E-state index >= 15 is 0 Å². The van der Waals surface area contributed by atoms with Crippen LogP contribution in [-0.4, -0.2) is 10.1 Å². The van der Waals surface area contributed by atoms with Crippen molar-refractivity contribution in [2.75, 3.05) is 0 Å². The lowest BCUT2D eigenvalue weighted by atomic mass is 9.95. The number of aryl methyl sites for hydroxylation is 1. The maximum atomic E-state index is 10.1. The highest BCUT2D eigenvalue weighted by atomic mass is 16.3. The van der Waals surface area contributed by atoms with Crippen LogP contribution in [0.2, 0.25) is 0 Å². The molecule has 0 bridgehead atoms. The third kappa shape index (κ3) is 2.47. The zero-order valence-corrected chi connectivity index (χ0v) is 12.8. The lowest BCUT2D eigenvalue weighted by molar-refractivity contribution is 0.0786. The SMILES string of the molecule is CCc1c(-c2ccc(C(C)(C)O)cc2)[nH]c2ccccc12. The second kappa shape index (κ2) is 5.05. The molecule has 0 saturated carbocycles. The van der Waals surface area contributed by atoms with Gasteiger partial charge in [-0.1, -0.05) is 49.4 Å². The van der Waals surface area contributed by atoms with Crippen LogP contribution in [0.3, 0.4) is 0 Å². The summed E-state index contributed by atoms with van der Waals surface area (Å²) in [6.07, 6.45) is 0.993. The number of aromatic amines is 1. The number of hydrogen-bond acceptors (Lipinski definition) is 1. The van der Waals surface area contributed by atoms with Crippen LogP contribution in [0.4, 0.5) is 0 Å². The summed E-state index contributed by atoms with van der Waals surface area (Å²) in [5.41, 5.74) is 5.00. The summed E-state index contributed by atoms with van der Waals surface area (Å²) >= 11 is 0. The minimum absolute atomic E-state index is 0.799. The van der Waals surface area contributed by atoms with E-state index in [9.17, 15) is 5.11 Å². The van der Waals surface area contributed by atoms with E-state index in [0.717, 1.165) is 17.5 Å². The van der Waals surface area contributed by atoms with Crippen LogP contribution in [0.15, 0.2) is 48.5 Å². The number of aliphatic hydroxyl groups is 1. The van der Waals surface area contributed by atoms with E-state index in [2.05, 4.69) is 48.3 Å². The average molecular weight is 279 g/mol. The van der Waals surface area contributed by atoms with Crippen LogP contribution in [0.5, 0.6) is 0 Å². The van der Waals surface area contributed by atoms with Crippen molar-refractivity contribution in [1.82, 2.24) is 4.98 Å². The summed E-state index contributed by atoms with van der Waals surface area (Å²) < 4.78 is 0. The minimum atomic E-state index is -0.799. The quantitative estimate of drug-likeness (QED) is 0.720. The largest absolute Gasteiger partial charge is 0.386 e. The van der Waals surface area contributed by atoms with Crippen LogP contribution >= 0.6 is 0 Å². The maximum absolute atomic E-state index is 10.1. The molecular formula is C19H21NO. The Morgan fingerprint density at radius 3 is 2.29 bits per heavy atom. The topological polar surface area (TPSA) is 36.0 Å². The van der Waals surface area contributed by atoms with Gasteiger partial charge in [0.1, 0.15) is 0 Å². The van der Waals surface area contributed by atoms with E-state index in [-0.39, 0.29) is 0 Å². The van der Waals surface area contributed by atoms with Crippen LogP contribution in [-0.2, 0) is 12.0 Å². The van der Waals surface area contributed by atoms with Crippen molar-refractivity contribution >= 4 is 10.9 Å². The fourth-order valence-electron chi connectivity index (χ4n) is 2.86. The number of nitrogens with one attached hydrogen (secondary N) is 1. The van der Waals surface area contributed by atoms with Crippen LogP contribution in [0, 0.1) is 0 Å². The molecular weight excluding hydrogens is 258 g/mol. The first-order chi connectivity index (χ1) is 10.0. The maximum Gasteiger partial charge on any atom is 0.0840 e. The fraction of sp³-hybridized carbons (Fsp3) is 0.263. The molecule has 3 aromatic rings. The van der Waals surface area contributed by atoms with Gasteiger partial charge in [0.25, 0.3) is 0 Å². The normalized spacial score (nSPS) is 12.0. The van der Waals surface area contributed by atoms with Gasteiger partial charge in [-0.25, -0.2) is 0 Å². The molecule has 0 saturated heterocycles. The molecule has 2 aromatic carbocycles. The second-order valence-corrected chi connectivity index (χ2v) is 6.01. The minimum Gasteiger partial charge on any atom is -0.386 e. The van der Waals surface area contributed by atoms with Crippen molar-refractivity contribution in [3.8, 4) is 11.3 Å². The number of aromatic nitrogens is 1. The molecule has 2 N–H and O–H groups in total. The van der Waals surface area contributed by atoms with Crippen molar-refractivity contribution in [2.45, 2.75) is 32.8 Å². The van der Waals surface area contributed by atoms with E-state index in [4.69, 9.17) is 0 Å². The molecule has 0 unspecified atom stereocenters. The zero-order chi connectivity index (χ0) is 15.0. The molecule has 0 aliphatic heterocycles. The van der Waals surface area contributed by atoms with Gasteiger partial charge in [-0.2, -0.15) is 0 Å². The van der Waals surface area contributed by atoms with Gasteiger partial charge in [0.05, 0.1) is 5.60 Å². The lowest BCUT2D eigenvalue weighted by Crippen LogP contribution is -2.14. The Labute approximate surface area is 125 Å². The van der Waals surface area contributed by atoms with E-state index in [1.54, 1.807) is 0 Å². The number of fused-ring (bicyclic) bond motifs is 1. The number of para-hydroxylation sites is 1. The molecule has 2 nitrogen and oxygen atoms in total. The number of benzene rings is 2. The average Bonchev–Trinajstić information content (AvgIpc) is 2.85. The van der Waals surface area contributed by atoms with Gasteiger partial charge in [0, 0.05) is 16.6 Å². The van der Waals surface area contributed by atoms with Gasteiger partial charge in [-0.05, 0) is 43.0 Å². The van der Waals surface area contributed by atoms with Gasteiger partial charge in [0.15, 0.2) is 0 Å². The smallest absolute Gasteiger partial charge is 0.0840 e. The summed E-state index contributed by atoms with van der Waals surface area (Å²) in [7, 11) is 0. The molecule has 0 spiro atoms. The molecule has 0 amide bonds. The van der Waals surface area contributed by atoms with Gasteiger partial charge < -0.3 is 10.1 Å². The Balaban J connectivity index is 2.12.